The Bertz CT molecular complexity index is 964. The molecular formula is C22H25N5O2. The third-order valence-electron chi connectivity index (χ3n) is 4.91. The van der Waals surface area contributed by atoms with Gasteiger partial charge in [-0.3, -0.25) is 9.69 Å². The van der Waals surface area contributed by atoms with E-state index in [0.29, 0.717) is 12.4 Å². The molecule has 29 heavy (non-hydrogen) atoms. The molecule has 0 radical (unpaired) electrons. The number of rotatable bonds is 6. The summed E-state index contributed by atoms with van der Waals surface area (Å²) < 4.78 is 7.09. The highest BCUT2D eigenvalue weighted by Crippen LogP contribution is 2.21. The molecule has 1 aromatic heterocycles. The Balaban J connectivity index is 1.55. The summed E-state index contributed by atoms with van der Waals surface area (Å²) in [5.41, 5.74) is 2.91. The molecule has 0 aliphatic carbocycles. The first-order valence-electron chi connectivity index (χ1n) is 9.88. The number of hydrogen-bond acceptors (Lipinski definition) is 5. The smallest absolute Gasteiger partial charge is 0.291 e. The molecule has 0 spiro atoms. The molecule has 1 N–H and O–H groups in total. The van der Waals surface area contributed by atoms with Crippen LogP contribution in [0.2, 0.25) is 0 Å². The van der Waals surface area contributed by atoms with Crippen LogP contribution >= 0.6 is 0 Å². The summed E-state index contributed by atoms with van der Waals surface area (Å²) in [6, 6.07) is 17.8. The lowest BCUT2D eigenvalue weighted by Gasteiger charge is -2.26. The highest BCUT2D eigenvalue weighted by molar-refractivity contribution is 5.91. The zero-order valence-corrected chi connectivity index (χ0v) is 16.5. The van der Waals surface area contributed by atoms with Crippen molar-refractivity contribution >= 4 is 5.91 Å². The predicted molar refractivity (Wildman–Crippen MR) is 111 cm³/mol. The van der Waals surface area contributed by atoms with Crippen LogP contribution in [-0.4, -0.2) is 65.0 Å². The van der Waals surface area contributed by atoms with Gasteiger partial charge in [-0.05, 0) is 24.6 Å². The number of carbonyl (C=O) groups excluding carboxylic acids is 1. The average Bonchev–Trinajstić information content (AvgIpc) is 3.21. The van der Waals surface area contributed by atoms with Crippen molar-refractivity contribution in [2.24, 2.45) is 0 Å². The van der Waals surface area contributed by atoms with Gasteiger partial charge in [-0.2, -0.15) is 0 Å². The maximum Gasteiger partial charge on any atom is 0.291 e. The molecule has 1 fully saturated rings. The molecule has 2 heterocycles. The van der Waals surface area contributed by atoms with Crippen LogP contribution in [0.15, 0.2) is 54.6 Å². The largest absolute Gasteiger partial charge is 0.379 e. The maximum absolute atomic E-state index is 12.7. The van der Waals surface area contributed by atoms with Crippen molar-refractivity contribution < 1.29 is 9.53 Å². The van der Waals surface area contributed by atoms with Gasteiger partial charge in [0.1, 0.15) is 0 Å². The topological polar surface area (TPSA) is 72.3 Å². The highest BCUT2D eigenvalue weighted by atomic mass is 16.5. The van der Waals surface area contributed by atoms with E-state index in [1.54, 1.807) is 4.68 Å². The van der Waals surface area contributed by atoms with E-state index in [1.807, 2.05) is 61.5 Å². The van der Waals surface area contributed by atoms with Gasteiger partial charge in [0, 0.05) is 31.7 Å². The van der Waals surface area contributed by atoms with Crippen molar-refractivity contribution in [2.75, 3.05) is 39.4 Å². The standard InChI is InChI=1S/C22H25N5O2/c1-17-6-5-9-19(16-17)27-21(18-7-3-2-4-8-18)24-20(25-27)22(28)23-10-11-26-12-14-29-15-13-26/h2-9,16H,10-15H2,1H3,(H,23,28). The number of amides is 1. The molecule has 2 aromatic carbocycles. The second kappa shape index (κ2) is 8.98. The van der Waals surface area contributed by atoms with Crippen LogP contribution in [0.4, 0.5) is 0 Å². The number of ether oxygens (including phenoxy) is 1. The zero-order valence-electron chi connectivity index (χ0n) is 16.5. The van der Waals surface area contributed by atoms with Gasteiger partial charge in [0.05, 0.1) is 18.9 Å². The number of morpholine rings is 1. The second-order valence-corrected chi connectivity index (χ2v) is 7.09. The number of aromatic nitrogens is 3. The van der Waals surface area contributed by atoms with Gasteiger partial charge < -0.3 is 10.1 Å². The van der Waals surface area contributed by atoms with Gasteiger partial charge in [-0.25, -0.2) is 9.67 Å². The molecule has 1 saturated heterocycles. The van der Waals surface area contributed by atoms with Crippen molar-refractivity contribution in [3.05, 3.63) is 66.0 Å². The Morgan fingerprint density at radius 2 is 1.90 bits per heavy atom. The van der Waals surface area contributed by atoms with Gasteiger partial charge in [0.2, 0.25) is 5.82 Å². The van der Waals surface area contributed by atoms with Crippen LogP contribution < -0.4 is 5.32 Å². The number of nitrogens with zero attached hydrogens (tertiary/aromatic N) is 4. The van der Waals surface area contributed by atoms with Crippen LogP contribution in [0.3, 0.4) is 0 Å². The fraction of sp³-hybridized carbons (Fsp3) is 0.318. The second-order valence-electron chi connectivity index (χ2n) is 7.09. The Morgan fingerprint density at radius 1 is 1.10 bits per heavy atom. The Kier molecular flexibility index (Phi) is 5.97. The van der Waals surface area contributed by atoms with E-state index < -0.39 is 0 Å². The van der Waals surface area contributed by atoms with Crippen molar-refractivity contribution in [3.63, 3.8) is 0 Å². The summed E-state index contributed by atoms with van der Waals surface area (Å²) in [7, 11) is 0. The van der Waals surface area contributed by atoms with E-state index in [9.17, 15) is 4.79 Å². The van der Waals surface area contributed by atoms with Crippen LogP contribution in [0.5, 0.6) is 0 Å². The zero-order chi connectivity index (χ0) is 20.1. The molecule has 0 saturated carbocycles. The molecular weight excluding hydrogens is 366 g/mol. The van der Waals surface area contributed by atoms with Gasteiger partial charge in [0.25, 0.3) is 5.91 Å². The number of hydrogen-bond donors (Lipinski definition) is 1. The molecule has 7 heteroatoms. The fourth-order valence-electron chi connectivity index (χ4n) is 3.35. The first kappa shape index (κ1) is 19.3. The molecule has 1 aliphatic heterocycles. The van der Waals surface area contributed by atoms with E-state index in [2.05, 4.69) is 20.3 Å². The minimum absolute atomic E-state index is 0.173. The van der Waals surface area contributed by atoms with Gasteiger partial charge in [-0.1, -0.05) is 42.5 Å². The summed E-state index contributed by atoms with van der Waals surface area (Å²) in [6.07, 6.45) is 0. The molecule has 0 atom stereocenters. The van der Waals surface area contributed by atoms with Crippen LogP contribution in [-0.2, 0) is 4.74 Å². The van der Waals surface area contributed by atoms with Crippen molar-refractivity contribution in [1.29, 1.82) is 0 Å². The molecule has 7 nitrogen and oxygen atoms in total. The van der Waals surface area contributed by atoms with Crippen molar-refractivity contribution in [1.82, 2.24) is 25.0 Å². The molecule has 0 bridgehead atoms. The summed E-state index contributed by atoms with van der Waals surface area (Å²) in [6.45, 7) is 6.66. The number of carbonyl (C=O) groups is 1. The minimum Gasteiger partial charge on any atom is -0.379 e. The summed E-state index contributed by atoms with van der Waals surface area (Å²) in [4.78, 5) is 19.5. The molecule has 150 valence electrons. The number of benzene rings is 2. The van der Waals surface area contributed by atoms with Crippen LogP contribution in [0.25, 0.3) is 17.1 Å². The molecule has 0 unspecified atom stereocenters. The van der Waals surface area contributed by atoms with E-state index in [1.165, 1.54) is 0 Å². The van der Waals surface area contributed by atoms with Gasteiger partial charge >= 0.3 is 0 Å². The first-order valence-corrected chi connectivity index (χ1v) is 9.88. The third kappa shape index (κ3) is 4.70. The lowest BCUT2D eigenvalue weighted by Crippen LogP contribution is -2.41. The highest BCUT2D eigenvalue weighted by Gasteiger charge is 2.19. The third-order valence-corrected chi connectivity index (χ3v) is 4.91. The van der Waals surface area contributed by atoms with Crippen molar-refractivity contribution in [3.8, 4) is 17.1 Å². The summed E-state index contributed by atoms with van der Waals surface area (Å²) in [5.74, 6) is 0.559. The molecule has 3 aromatic rings. The quantitative estimate of drug-likeness (QED) is 0.698. The fourth-order valence-corrected chi connectivity index (χ4v) is 3.35. The summed E-state index contributed by atoms with van der Waals surface area (Å²) >= 11 is 0. The number of nitrogens with one attached hydrogen (secondary N) is 1. The van der Waals surface area contributed by atoms with Crippen molar-refractivity contribution in [2.45, 2.75) is 6.92 Å². The normalized spacial score (nSPS) is 14.7. The van der Waals surface area contributed by atoms with Gasteiger partial charge in [-0.15, -0.1) is 5.10 Å². The van der Waals surface area contributed by atoms with Gasteiger partial charge in [0.15, 0.2) is 5.82 Å². The SMILES string of the molecule is Cc1cccc(-n2nc(C(=O)NCCN3CCOCC3)nc2-c2ccccc2)c1. The summed E-state index contributed by atoms with van der Waals surface area (Å²) in [5, 5.41) is 7.46. The molecule has 1 aliphatic rings. The van der Waals surface area contributed by atoms with Crippen LogP contribution in [0, 0.1) is 6.92 Å². The van der Waals surface area contributed by atoms with E-state index in [-0.39, 0.29) is 11.7 Å². The lowest BCUT2D eigenvalue weighted by molar-refractivity contribution is 0.0383. The average molecular weight is 391 g/mol. The maximum atomic E-state index is 12.7. The Hall–Kier alpha value is -3.03. The number of aryl methyl sites for hydroxylation is 1. The van der Waals surface area contributed by atoms with E-state index in [4.69, 9.17) is 4.74 Å². The monoisotopic (exact) mass is 391 g/mol. The Morgan fingerprint density at radius 3 is 2.66 bits per heavy atom. The van der Waals surface area contributed by atoms with E-state index >= 15 is 0 Å². The predicted octanol–water partition coefficient (Wildman–Crippen LogP) is 2.30. The van der Waals surface area contributed by atoms with E-state index in [0.717, 1.165) is 49.7 Å². The molecule has 4 rings (SSSR count). The minimum atomic E-state index is -0.262. The van der Waals surface area contributed by atoms with Crippen LogP contribution in [0.1, 0.15) is 16.2 Å². The Labute approximate surface area is 170 Å². The first-order chi connectivity index (χ1) is 14.2. The molecule has 1 amide bonds. The lowest BCUT2D eigenvalue weighted by atomic mass is 10.2.